The zero-order chi connectivity index (χ0) is 15.8. The third kappa shape index (κ3) is 5.50. The Morgan fingerprint density at radius 2 is 2.18 bits per heavy atom. The van der Waals surface area contributed by atoms with Crippen molar-refractivity contribution >= 4 is 17.5 Å². The Morgan fingerprint density at radius 3 is 2.91 bits per heavy atom. The second kappa shape index (κ2) is 9.01. The number of carbonyl (C=O) groups is 1. The van der Waals surface area contributed by atoms with Crippen LogP contribution in [0.5, 0.6) is 5.75 Å². The lowest BCUT2D eigenvalue weighted by molar-refractivity contribution is -0.126. The Kier molecular flexibility index (Phi) is 7.00. The van der Waals surface area contributed by atoms with Gasteiger partial charge in [-0.05, 0) is 50.1 Å². The normalized spacial score (nSPS) is 18.9. The first-order chi connectivity index (χ1) is 10.7. The second-order valence-corrected chi connectivity index (χ2v) is 6.17. The molecule has 5 heteroatoms. The molecule has 0 aromatic heterocycles. The third-order valence-electron chi connectivity index (χ3n) is 3.92. The number of amides is 1. The highest BCUT2D eigenvalue weighted by atomic mass is 35.5. The first-order valence-corrected chi connectivity index (χ1v) is 8.45. The lowest BCUT2D eigenvalue weighted by Gasteiger charge is -2.31. The minimum Gasteiger partial charge on any atom is -0.492 e. The molecule has 1 amide bonds. The Bertz CT molecular complexity index is 464. The van der Waals surface area contributed by atoms with Crippen molar-refractivity contribution in [2.45, 2.75) is 26.2 Å². The van der Waals surface area contributed by atoms with Crippen molar-refractivity contribution in [3.05, 3.63) is 29.3 Å². The first kappa shape index (κ1) is 17.1. The fourth-order valence-corrected chi connectivity index (χ4v) is 2.81. The van der Waals surface area contributed by atoms with Crippen molar-refractivity contribution in [1.82, 2.24) is 10.2 Å². The fraction of sp³-hybridized carbons (Fsp3) is 0.588. The lowest BCUT2D eigenvalue weighted by Crippen LogP contribution is -2.44. The highest BCUT2D eigenvalue weighted by Gasteiger charge is 2.25. The topological polar surface area (TPSA) is 41.6 Å². The van der Waals surface area contributed by atoms with Crippen LogP contribution in [0.2, 0.25) is 5.02 Å². The summed E-state index contributed by atoms with van der Waals surface area (Å²) in [5.74, 6) is 1.15. The van der Waals surface area contributed by atoms with E-state index in [0.717, 1.165) is 51.2 Å². The molecule has 0 saturated carbocycles. The molecule has 1 aromatic rings. The molecule has 1 aromatic carbocycles. The summed E-state index contributed by atoms with van der Waals surface area (Å²) < 4.78 is 5.72. The number of piperidine rings is 1. The molecular weight excluding hydrogens is 300 g/mol. The van der Waals surface area contributed by atoms with Crippen LogP contribution in [0.15, 0.2) is 24.3 Å². The smallest absolute Gasteiger partial charge is 0.224 e. The molecule has 122 valence electrons. The van der Waals surface area contributed by atoms with Crippen LogP contribution in [0.3, 0.4) is 0 Å². The van der Waals surface area contributed by atoms with Crippen LogP contribution in [0.25, 0.3) is 0 Å². The third-order valence-corrected chi connectivity index (χ3v) is 4.17. The molecule has 0 unspecified atom stereocenters. The molecule has 1 heterocycles. The zero-order valence-corrected chi connectivity index (χ0v) is 13.9. The zero-order valence-electron chi connectivity index (χ0n) is 13.2. The summed E-state index contributed by atoms with van der Waals surface area (Å²) in [4.78, 5) is 14.4. The number of halogens is 1. The number of likely N-dealkylation sites (tertiary alicyclic amines) is 1. The van der Waals surface area contributed by atoms with Crippen molar-refractivity contribution in [3.8, 4) is 5.75 Å². The number of hydrogen-bond donors (Lipinski definition) is 1. The maximum atomic E-state index is 12.0. The highest BCUT2D eigenvalue weighted by molar-refractivity contribution is 6.30. The quantitative estimate of drug-likeness (QED) is 0.838. The molecule has 1 aliphatic rings. The van der Waals surface area contributed by atoms with Crippen LogP contribution in [0.4, 0.5) is 0 Å². The number of carbonyl (C=O) groups excluding carboxylic acids is 1. The summed E-state index contributed by atoms with van der Waals surface area (Å²) in [5, 5.41) is 3.71. The Balaban J connectivity index is 1.71. The number of nitrogens with zero attached hydrogens (tertiary/aromatic N) is 1. The van der Waals surface area contributed by atoms with Crippen LogP contribution in [0, 0.1) is 5.92 Å². The number of nitrogens with one attached hydrogen (secondary N) is 1. The Hall–Kier alpha value is -1.26. The molecule has 1 atom stereocenters. The van der Waals surface area contributed by atoms with Gasteiger partial charge in [0.05, 0.1) is 5.92 Å². The van der Waals surface area contributed by atoms with Gasteiger partial charge in [0.1, 0.15) is 12.4 Å². The summed E-state index contributed by atoms with van der Waals surface area (Å²) in [6.07, 6.45) is 3.05. The summed E-state index contributed by atoms with van der Waals surface area (Å²) >= 11 is 5.85. The van der Waals surface area contributed by atoms with Crippen molar-refractivity contribution in [2.75, 3.05) is 32.8 Å². The van der Waals surface area contributed by atoms with E-state index in [1.54, 1.807) is 0 Å². The van der Waals surface area contributed by atoms with Crippen molar-refractivity contribution in [1.29, 1.82) is 0 Å². The number of benzene rings is 1. The van der Waals surface area contributed by atoms with Crippen LogP contribution < -0.4 is 10.1 Å². The van der Waals surface area contributed by atoms with Gasteiger partial charge in [-0.3, -0.25) is 9.69 Å². The van der Waals surface area contributed by atoms with E-state index in [2.05, 4.69) is 17.1 Å². The van der Waals surface area contributed by atoms with Gasteiger partial charge in [-0.2, -0.15) is 0 Å². The van der Waals surface area contributed by atoms with Gasteiger partial charge in [0.2, 0.25) is 5.91 Å². The second-order valence-electron chi connectivity index (χ2n) is 5.73. The van der Waals surface area contributed by atoms with Crippen LogP contribution in [-0.4, -0.2) is 43.6 Å². The largest absolute Gasteiger partial charge is 0.492 e. The molecule has 4 nitrogen and oxygen atoms in total. The summed E-state index contributed by atoms with van der Waals surface area (Å²) in [5.41, 5.74) is 0. The average molecular weight is 325 g/mol. The van der Waals surface area contributed by atoms with Crippen molar-refractivity contribution < 1.29 is 9.53 Å². The van der Waals surface area contributed by atoms with Gasteiger partial charge in [0, 0.05) is 24.7 Å². The van der Waals surface area contributed by atoms with E-state index in [4.69, 9.17) is 16.3 Å². The van der Waals surface area contributed by atoms with Crippen LogP contribution in [-0.2, 0) is 4.79 Å². The van der Waals surface area contributed by atoms with Crippen molar-refractivity contribution in [3.63, 3.8) is 0 Å². The average Bonchev–Trinajstić information content (AvgIpc) is 2.55. The van der Waals surface area contributed by atoms with Gasteiger partial charge >= 0.3 is 0 Å². The Labute approximate surface area is 137 Å². The maximum Gasteiger partial charge on any atom is 0.224 e. The number of hydrogen-bond acceptors (Lipinski definition) is 3. The molecular formula is C17H25ClN2O2. The summed E-state index contributed by atoms with van der Waals surface area (Å²) in [6, 6.07) is 7.40. The maximum absolute atomic E-state index is 12.0. The van der Waals surface area contributed by atoms with Crippen LogP contribution in [0.1, 0.15) is 26.2 Å². The monoisotopic (exact) mass is 324 g/mol. The number of ether oxygens (including phenoxy) is 1. The predicted octanol–water partition coefficient (Wildman–Crippen LogP) is 2.96. The number of rotatable bonds is 7. The van der Waals surface area contributed by atoms with E-state index >= 15 is 0 Å². The van der Waals surface area contributed by atoms with E-state index in [0.29, 0.717) is 11.6 Å². The minimum absolute atomic E-state index is 0.121. The molecule has 1 N–H and O–H groups in total. The Morgan fingerprint density at radius 1 is 1.41 bits per heavy atom. The molecule has 1 aliphatic heterocycles. The van der Waals surface area contributed by atoms with E-state index in [-0.39, 0.29) is 11.8 Å². The molecule has 0 aliphatic carbocycles. The van der Waals surface area contributed by atoms with Gasteiger partial charge in [0.25, 0.3) is 0 Å². The lowest BCUT2D eigenvalue weighted by atomic mass is 9.97. The van der Waals surface area contributed by atoms with Crippen LogP contribution >= 0.6 is 11.6 Å². The van der Waals surface area contributed by atoms with Gasteiger partial charge < -0.3 is 10.1 Å². The van der Waals surface area contributed by atoms with Gasteiger partial charge in [-0.15, -0.1) is 0 Å². The van der Waals surface area contributed by atoms with Gasteiger partial charge in [-0.1, -0.05) is 18.5 Å². The molecule has 0 bridgehead atoms. The molecule has 22 heavy (non-hydrogen) atoms. The molecule has 2 rings (SSSR count). The standard InChI is InChI=1S/C17H25ClN2O2/c1-2-9-19-17(21)14-4-3-10-20(13-14)11-12-22-16-7-5-15(18)6-8-16/h5-8,14H,2-4,9-13H2,1H3,(H,19,21)/t14-/m1/s1. The van der Waals surface area contributed by atoms with Gasteiger partial charge in [0.15, 0.2) is 0 Å². The predicted molar refractivity (Wildman–Crippen MR) is 89.4 cm³/mol. The fourth-order valence-electron chi connectivity index (χ4n) is 2.69. The first-order valence-electron chi connectivity index (χ1n) is 8.07. The molecule has 1 saturated heterocycles. The van der Waals surface area contributed by atoms with E-state index in [1.165, 1.54) is 0 Å². The van der Waals surface area contributed by atoms with E-state index < -0.39 is 0 Å². The molecule has 0 spiro atoms. The van der Waals surface area contributed by atoms with Crippen molar-refractivity contribution in [2.24, 2.45) is 5.92 Å². The highest BCUT2D eigenvalue weighted by Crippen LogP contribution is 2.18. The SMILES string of the molecule is CCCNC(=O)[C@@H]1CCCN(CCOc2ccc(Cl)cc2)C1. The molecule has 1 fully saturated rings. The summed E-state index contributed by atoms with van der Waals surface area (Å²) in [7, 11) is 0. The molecule has 0 radical (unpaired) electrons. The van der Waals surface area contributed by atoms with E-state index in [1.807, 2.05) is 24.3 Å². The minimum atomic E-state index is 0.121. The summed E-state index contributed by atoms with van der Waals surface area (Å²) in [6.45, 7) is 6.20. The van der Waals surface area contributed by atoms with E-state index in [9.17, 15) is 4.79 Å². The van der Waals surface area contributed by atoms with Gasteiger partial charge in [-0.25, -0.2) is 0 Å².